The lowest BCUT2D eigenvalue weighted by molar-refractivity contribution is -0.206. The van der Waals surface area contributed by atoms with E-state index >= 15 is 0 Å². The van der Waals surface area contributed by atoms with Crippen molar-refractivity contribution in [2.24, 2.45) is 11.8 Å². The number of carbonyl (C=O) groups is 1. The maximum Gasteiger partial charge on any atom is 0.343 e. The summed E-state index contributed by atoms with van der Waals surface area (Å²) < 4.78 is 23.3. The molecule has 1 saturated heterocycles. The van der Waals surface area contributed by atoms with Crippen molar-refractivity contribution < 1.29 is 23.7 Å². The molecule has 0 bridgehead atoms. The molecule has 0 radical (unpaired) electrons. The molecule has 2 aromatic rings. The van der Waals surface area contributed by atoms with E-state index in [1.807, 2.05) is 24.3 Å². The number of carbonyl (C=O) groups excluding carboxylic acids is 1. The first-order valence-corrected chi connectivity index (χ1v) is 14.9. The molecule has 5 nitrogen and oxygen atoms in total. The molecule has 1 heterocycles. The van der Waals surface area contributed by atoms with Gasteiger partial charge in [-0.15, -0.1) is 0 Å². The van der Waals surface area contributed by atoms with Crippen LogP contribution in [0.2, 0.25) is 0 Å². The molecule has 2 aromatic carbocycles. The number of esters is 1. The third kappa shape index (κ3) is 10.8. The third-order valence-corrected chi connectivity index (χ3v) is 7.37. The Labute approximate surface area is 230 Å². The predicted octanol–water partition coefficient (Wildman–Crippen LogP) is 8.91. The Hall–Kier alpha value is -2.37. The second-order valence-corrected chi connectivity index (χ2v) is 10.8. The number of rotatable bonds is 17. The van der Waals surface area contributed by atoms with Crippen molar-refractivity contribution in [1.82, 2.24) is 0 Å². The smallest absolute Gasteiger partial charge is 0.343 e. The second kappa shape index (κ2) is 17.3. The van der Waals surface area contributed by atoms with Gasteiger partial charge in [0.15, 0.2) is 6.29 Å². The minimum atomic E-state index is -0.393. The first-order valence-electron chi connectivity index (χ1n) is 14.9. The molecule has 1 aliphatic rings. The van der Waals surface area contributed by atoms with Crippen LogP contribution in [0.3, 0.4) is 0 Å². The van der Waals surface area contributed by atoms with Crippen molar-refractivity contribution in [3.05, 3.63) is 59.7 Å². The average Bonchev–Trinajstić information content (AvgIpc) is 2.96. The van der Waals surface area contributed by atoms with Gasteiger partial charge in [-0.05, 0) is 48.7 Å². The molecule has 0 unspecified atom stereocenters. The molecule has 0 spiro atoms. The van der Waals surface area contributed by atoms with Crippen molar-refractivity contribution >= 4 is 5.97 Å². The van der Waals surface area contributed by atoms with E-state index in [0.29, 0.717) is 29.8 Å². The highest BCUT2D eigenvalue weighted by molar-refractivity contribution is 5.91. The van der Waals surface area contributed by atoms with E-state index in [1.165, 1.54) is 64.2 Å². The summed E-state index contributed by atoms with van der Waals surface area (Å²) in [7, 11) is 0. The van der Waals surface area contributed by atoms with Gasteiger partial charge in [0.2, 0.25) is 0 Å². The lowest BCUT2D eigenvalue weighted by Crippen LogP contribution is -2.27. The summed E-state index contributed by atoms with van der Waals surface area (Å²) in [6.45, 7) is 8.69. The van der Waals surface area contributed by atoms with Crippen LogP contribution in [0, 0.1) is 11.8 Å². The topological polar surface area (TPSA) is 54.0 Å². The Bertz CT molecular complexity index is 900. The van der Waals surface area contributed by atoms with Gasteiger partial charge in [-0.1, -0.05) is 97.1 Å². The van der Waals surface area contributed by atoms with Gasteiger partial charge in [0, 0.05) is 11.5 Å². The molecular weight excluding hydrogens is 476 g/mol. The van der Waals surface area contributed by atoms with Crippen molar-refractivity contribution in [2.45, 2.75) is 97.7 Å². The molecule has 1 aliphatic heterocycles. The second-order valence-electron chi connectivity index (χ2n) is 10.8. The molecule has 0 saturated carbocycles. The quantitative estimate of drug-likeness (QED) is 0.117. The van der Waals surface area contributed by atoms with E-state index in [9.17, 15) is 4.79 Å². The molecule has 1 atom stereocenters. The highest BCUT2D eigenvalue weighted by Crippen LogP contribution is 2.29. The molecule has 0 amide bonds. The monoisotopic (exact) mass is 524 g/mol. The Balaban J connectivity index is 1.32. The Morgan fingerprint density at radius 3 is 2.00 bits per heavy atom. The van der Waals surface area contributed by atoms with Gasteiger partial charge in [-0.2, -0.15) is 0 Å². The van der Waals surface area contributed by atoms with Crippen LogP contribution < -0.4 is 9.47 Å². The molecule has 38 heavy (non-hydrogen) atoms. The van der Waals surface area contributed by atoms with Gasteiger partial charge in [0.05, 0.1) is 25.4 Å². The van der Waals surface area contributed by atoms with Gasteiger partial charge in [-0.3, -0.25) is 0 Å². The zero-order valence-corrected chi connectivity index (χ0v) is 23.8. The van der Waals surface area contributed by atoms with Gasteiger partial charge in [-0.25, -0.2) is 4.79 Å². The third-order valence-electron chi connectivity index (χ3n) is 7.37. The Morgan fingerprint density at radius 1 is 0.816 bits per heavy atom. The number of hydrogen-bond acceptors (Lipinski definition) is 5. The minimum absolute atomic E-state index is 0.359. The van der Waals surface area contributed by atoms with Crippen LogP contribution in [-0.2, 0) is 9.47 Å². The van der Waals surface area contributed by atoms with Crippen LogP contribution >= 0.6 is 0 Å². The number of unbranched alkanes of at least 4 members (excludes halogenated alkanes) is 8. The summed E-state index contributed by atoms with van der Waals surface area (Å²) in [6.07, 6.45) is 14.0. The molecule has 0 aliphatic carbocycles. The van der Waals surface area contributed by atoms with E-state index in [1.54, 1.807) is 24.3 Å². The fourth-order valence-electron chi connectivity index (χ4n) is 4.55. The van der Waals surface area contributed by atoms with Crippen LogP contribution in [0.1, 0.15) is 114 Å². The van der Waals surface area contributed by atoms with Crippen LogP contribution in [-0.4, -0.2) is 25.8 Å². The Morgan fingerprint density at radius 2 is 1.39 bits per heavy atom. The zero-order valence-electron chi connectivity index (χ0n) is 23.8. The van der Waals surface area contributed by atoms with Crippen molar-refractivity contribution in [2.75, 3.05) is 19.8 Å². The van der Waals surface area contributed by atoms with Gasteiger partial charge in [0.25, 0.3) is 0 Å². The summed E-state index contributed by atoms with van der Waals surface area (Å²) in [4.78, 5) is 12.5. The van der Waals surface area contributed by atoms with Crippen LogP contribution in [0.5, 0.6) is 11.5 Å². The standard InChI is InChI=1S/C33H48O5/c1-4-6-7-8-9-10-11-12-13-14-27-24-36-33(37-25-27)29-17-21-31(22-18-29)38-32(34)28-15-19-30(20-16-28)35-23-26(3)5-2/h15-22,26-27,33H,4-14,23-25H2,1-3H3/t26-,27-,33-/m0/s1. The van der Waals surface area contributed by atoms with E-state index in [2.05, 4.69) is 20.8 Å². The first-order chi connectivity index (χ1) is 18.6. The Kier molecular flexibility index (Phi) is 13.7. The maximum absolute atomic E-state index is 12.5. The van der Waals surface area contributed by atoms with E-state index < -0.39 is 5.97 Å². The normalized spacial score (nSPS) is 18.2. The lowest BCUT2D eigenvalue weighted by Gasteiger charge is -2.29. The van der Waals surface area contributed by atoms with Gasteiger partial charge >= 0.3 is 5.97 Å². The molecule has 1 fully saturated rings. The van der Waals surface area contributed by atoms with Crippen molar-refractivity contribution in [3.8, 4) is 11.5 Å². The largest absolute Gasteiger partial charge is 0.493 e. The molecular formula is C33H48O5. The van der Waals surface area contributed by atoms with Crippen LogP contribution in [0.25, 0.3) is 0 Å². The maximum atomic E-state index is 12.5. The molecule has 5 heteroatoms. The summed E-state index contributed by atoms with van der Waals surface area (Å²) >= 11 is 0. The van der Waals surface area contributed by atoms with Gasteiger partial charge in [0.1, 0.15) is 11.5 Å². The summed E-state index contributed by atoms with van der Waals surface area (Å²) in [5.74, 6) is 1.83. The predicted molar refractivity (Wildman–Crippen MR) is 153 cm³/mol. The molecule has 210 valence electrons. The summed E-state index contributed by atoms with van der Waals surface area (Å²) in [5, 5.41) is 0. The fourth-order valence-corrected chi connectivity index (χ4v) is 4.55. The molecule has 0 N–H and O–H groups in total. The highest BCUT2D eigenvalue weighted by atomic mass is 16.7. The van der Waals surface area contributed by atoms with Crippen molar-refractivity contribution in [3.63, 3.8) is 0 Å². The van der Waals surface area contributed by atoms with E-state index in [0.717, 1.165) is 30.9 Å². The van der Waals surface area contributed by atoms with Crippen molar-refractivity contribution in [1.29, 1.82) is 0 Å². The fraction of sp³-hybridized carbons (Fsp3) is 0.606. The van der Waals surface area contributed by atoms with Gasteiger partial charge < -0.3 is 18.9 Å². The van der Waals surface area contributed by atoms with E-state index in [-0.39, 0.29) is 6.29 Å². The minimum Gasteiger partial charge on any atom is -0.493 e. The van der Waals surface area contributed by atoms with E-state index in [4.69, 9.17) is 18.9 Å². The number of ether oxygens (including phenoxy) is 4. The number of benzene rings is 2. The molecule has 3 rings (SSSR count). The first kappa shape index (κ1) is 30.2. The molecule has 0 aromatic heterocycles. The number of hydrogen-bond donors (Lipinski definition) is 0. The lowest BCUT2D eigenvalue weighted by atomic mass is 10.0. The zero-order chi connectivity index (χ0) is 27.0. The SMILES string of the molecule is CCCCCCCCCCC[C@H]1CO[C@H](c2ccc(OC(=O)c3ccc(OC[C@@H](C)CC)cc3)cc2)OC1. The highest BCUT2D eigenvalue weighted by Gasteiger charge is 2.23. The summed E-state index contributed by atoms with van der Waals surface area (Å²) in [6, 6.07) is 14.5. The summed E-state index contributed by atoms with van der Waals surface area (Å²) in [5.41, 5.74) is 1.43. The van der Waals surface area contributed by atoms with Crippen LogP contribution in [0.4, 0.5) is 0 Å². The average molecular weight is 525 g/mol. The van der Waals surface area contributed by atoms with Crippen LogP contribution in [0.15, 0.2) is 48.5 Å².